The van der Waals surface area contributed by atoms with E-state index in [0.29, 0.717) is 38.8 Å². The first kappa shape index (κ1) is 31.7. The minimum atomic E-state index is -3.18. The van der Waals surface area contributed by atoms with Gasteiger partial charge in [-0.25, -0.2) is 0 Å². The van der Waals surface area contributed by atoms with Crippen molar-refractivity contribution in [2.75, 3.05) is 14.2 Å². The minimum absolute atomic E-state index is 0.192. The number of carbonyl (C=O) groups excluding carboxylic acids is 2. The predicted molar refractivity (Wildman–Crippen MR) is 159 cm³/mol. The van der Waals surface area contributed by atoms with Gasteiger partial charge in [0.05, 0.1) is 0 Å². The van der Waals surface area contributed by atoms with Crippen molar-refractivity contribution in [1.29, 1.82) is 0 Å². The van der Waals surface area contributed by atoms with Crippen molar-refractivity contribution in [2.24, 2.45) is 5.92 Å². The SMILES string of the molecule is COC(=O)C1=[C](C(=O)OC)[Bi]2[C]([Si](C(C)C)(C(C)C)C(C)C)=CC1C=[C]2[Si](C(C)C)(C(C)C)C(C)C. The number of hydrogen-bond donors (Lipinski definition) is 0. The van der Waals surface area contributed by atoms with Gasteiger partial charge in [-0.15, -0.1) is 0 Å². The molecule has 4 nitrogen and oxygen atoms in total. The zero-order chi connectivity index (χ0) is 27.9. The maximum atomic E-state index is 13.7. The zero-order valence-corrected chi connectivity index (χ0v) is 30.8. The van der Waals surface area contributed by atoms with Gasteiger partial charge >= 0.3 is 232 Å². The molecule has 0 N–H and O–H groups in total. The molecule has 0 aromatic rings. The van der Waals surface area contributed by atoms with Gasteiger partial charge in [-0.1, -0.05) is 0 Å². The molecule has 2 bridgehead atoms. The van der Waals surface area contributed by atoms with E-state index in [1.54, 1.807) is 5.81 Å². The van der Waals surface area contributed by atoms with Crippen LogP contribution in [0.4, 0.5) is 0 Å². The molecule has 0 fully saturated rings. The second-order valence-corrected chi connectivity index (χ2v) is 35.8. The van der Waals surface area contributed by atoms with Crippen LogP contribution in [-0.4, -0.2) is 64.1 Å². The van der Waals surface area contributed by atoms with Crippen molar-refractivity contribution >= 4 is 49.8 Å². The first-order chi connectivity index (χ1) is 16.6. The van der Waals surface area contributed by atoms with Crippen molar-refractivity contribution in [3.8, 4) is 0 Å². The Morgan fingerprint density at radius 3 is 1.19 bits per heavy atom. The molecule has 0 amide bonds. The van der Waals surface area contributed by atoms with Crippen LogP contribution >= 0.6 is 0 Å². The van der Waals surface area contributed by atoms with Crippen LogP contribution in [0.3, 0.4) is 0 Å². The fourth-order valence-electron chi connectivity index (χ4n) is 8.44. The summed E-state index contributed by atoms with van der Waals surface area (Å²) in [6.07, 6.45) is 4.93. The number of hydrogen-bond acceptors (Lipinski definition) is 4. The summed E-state index contributed by atoms with van der Waals surface area (Å²) in [5.41, 5.74) is 3.87. The second kappa shape index (κ2) is 11.7. The van der Waals surface area contributed by atoms with Gasteiger partial charge in [0, 0.05) is 0 Å². The van der Waals surface area contributed by atoms with Gasteiger partial charge < -0.3 is 0 Å². The molecule has 0 saturated carbocycles. The van der Waals surface area contributed by atoms with Gasteiger partial charge in [0.2, 0.25) is 0 Å². The summed E-state index contributed by atoms with van der Waals surface area (Å²) in [6, 6.07) is 0. The second-order valence-electron chi connectivity index (χ2n) is 12.5. The van der Waals surface area contributed by atoms with E-state index >= 15 is 0 Å². The molecule has 0 unspecified atom stereocenters. The molecular formula is C29H51BiO4Si2. The van der Waals surface area contributed by atoms with Gasteiger partial charge in [-0.3, -0.25) is 0 Å². The van der Waals surface area contributed by atoms with Crippen molar-refractivity contribution in [1.82, 2.24) is 0 Å². The van der Waals surface area contributed by atoms with E-state index < -0.39 is 37.9 Å². The maximum absolute atomic E-state index is 13.7. The summed E-state index contributed by atoms with van der Waals surface area (Å²) in [6.45, 7) is 28.9. The van der Waals surface area contributed by atoms with E-state index in [-0.39, 0.29) is 17.9 Å². The third-order valence-corrected chi connectivity index (χ3v) is 44.2. The van der Waals surface area contributed by atoms with Crippen LogP contribution in [0.1, 0.15) is 83.1 Å². The molecule has 0 aliphatic carbocycles. The third-order valence-electron chi connectivity index (χ3n) is 9.37. The predicted octanol–water partition coefficient (Wildman–Crippen LogP) is 7.67. The summed E-state index contributed by atoms with van der Waals surface area (Å²) < 4.78 is 14.8. The normalized spacial score (nSPS) is 17.8. The number of ether oxygens (including phenoxy) is 2. The van der Waals surface area contributed by atoms with Crippen molar-refractivity contribution < 1.29 is 19.1 Å². The van der Waals surface area contributed by atoms with E-state index in [2.05, 4.69) is 95.2 Å². The number of rotatable bonds is 10. The first-order valence-corrected chi connectivity index (χ1v) is 23.4. The number of carbonyl (C=O) groups is 2. The molecule has 0 spiro atoms. The molecule has 0 atom stereocenters. The van der Waals surface area contributed by atoms with Crippen molar-refractivity contribution in [3.63, 3.8) is 0 Å². The van der Waals surface area contributed by atoms with Crippen molar-refractivity contribution in [2.45, 2.75) is 116 Å². The Balaban J connectivity index is 3.10. The average molecular weight is 729 g/mol. The Bertz CT molecular complexity index is 863. The van der Waals surface area contributed by atoms with E-state index in [4.69, 9.17) is 9.47 Å². The Morgan fingerprint density at radius 1 is 0.639 bits per heavy atom. The molecule has 0 radical (unpaired) electrons. The molecule has 0 saturated heterocycles. The molecule has 0 aromatic carbocycles. The number of methoxy groups -OCH3 is 2. The van der Waals surface area contributed by atoms with Gasteiger partial charge in [0.25, 0.3) is 0 Å². The van der Waals surface area contributed by atoms with Crippen LogP contribution in [0, 0.1) is 5.92 Å². The van der Waals surface area contributed by atoms with Crippen LogP contribution in [0.15, 0.2) is 26.8 Å². The standard InChI is InChI=1S/C29H51O4Si2.Bi/c1-20(2)34(21(3)4,22(5)6)17-15-26(27(29(31)33-14)19-28(30)32-13)16-18-35(23(7)8,24(9)10)25(11)12;/h15-16,20-26H,1-14H3;. The van der Waals surface area contributed by atoms with E-state index in [0.717, 1.165) is 3.28 Å². The monoisotopic (exact) mass is 728 g/mol. The molecule has 3 rings (SSSR count). The summed E-state index contributed by atoms with van der Waals surface area (Å²) >= 11 is -3.18. The zero-order valence-electron chi connectivity index (χ0n) is 25.3. The molecule has 3 aliphatic heterocycles. The number of allylic oxidation sites excluding steroid dienone is 2. The molecule has 3 aliphatic rings. The first-order valence-electron chi connectivity index (χ1n) is 13.7. The van der Waals surface area contributed by atoms with Crippen molar-refractivity contribution in [3.05, 3.63) is 26.8 Å². The van der Waals surface area contributed by atoms with Gasteiger partial charge in [0.15, 0.2) is 0 Å². The van der Waals surface area contributed by atoms with Gasteiger partial charge in [0.1, 0.15) is 0 Å². The molecule has 0 aromatic heterocycles. The summed E-state index contributed by atoms with van der Waals surface area (Å²) in [7, 11) is -1.18. The Hall–Kier alpha value is -0.523. The Labute approximate surface area is 231 Å². The summed E-state index contributed by atoms with van der Waals surface area (Å²) in [4.78, 5) is 26.9. The third kappa shape index (κ3) is 4.61. The fraction of sp³-hybridized carbons (Fsp3) is 0.724. The van der Waals surface area contributed by atoms with Crippen LogP contribution in [-0.2, 0) is 19.1 Å². The van der Waals surface area contributed by atoms with Crippen LogP contribution in [0.25, 0.3) is 0 Å². The molecule has 204 valence electrons. The van der Waals surface area contributed by atoms with Crippen LogP contribution < -0.4 is 0 Å². The molecule has 36 heavy (non-hydrogen) atoms. The number of esters is 2. The molecule has 7 heteroatoms. The average Bonchev–Trinajstić information content (AvgIpc) is 2.76. The van der Waals surface area contributed by atoms with E-state index in [1.807, 2.05) is 0 Å². The van der Waals surface area contributed by atoms with E-state index in [9.17, 15) is 9.59 Å². The summed E-state index contributed by atoms with van der Waals surface area (Å²) in [5, 5.41) is 0. The molecule has 3 heterocycles. The quantitative estimate of drug-likeness (QED) is 0.171. The Morgan fingerprint density at radius 2 is 0.944 bits per heavy atom. The van der Waals surface area contributed by atoms with Crippen LogP contribution in [0.2, 0.25) is 33.2 Å². The fourth-order valence-corrected chi connectivity index (χ4v) is 62.1. The van der Waals surface area contributed by atoms with E-state index in [1.165, 1.54) is 14.2 Å². The van der Waals surface area contributed by atoms with Gasteiger partial charge in [-0.2, -0.15) is 0 Å². The van der Waals surface area contributed by atoms with Crippen LogP contribution in [0.5, 0.6) is 0 Å². The summed E-state index contributed by atoms with van der Waals surface area (Å²) in [5.74, 6) is -0.835. The topological polar surface area (TPSA) is 52.6 Å². The Kier molecular flexibility index (Phi) is 10.3. The molecular weight excluding hydrogens is 677 g/mol. The van der Waals surface area contributed by atoms with Gasteiger partial charge in [-0.05, 0) is 0 Å².